The number of thiocarbonyl (C=S) groups is 1. The minimum atomic E-state index is 0.369. The standard InChI is InChI=1S/C11H18N2S2/c1-4-12(5-2)11(14)15-10(3)13-8-6-7-9-13/h6-10H,4-5H2,1-3H3/t10-/m1/s1. The summed E-state index contributed by atoms with van der Waals surface area (Å²) in [6, 6.07) is 4.08. The van der Waals surface area contributed by atoms with Gasteiger partial charge in [0.2, 0.25) is 0 Å². The molecule has 0 aliphatic heterocycles. The predicted molar refractivity (Wildman–Crippen MR) is 72.3 cm³/mol. The summed E-state index contributed by atoms with van der Waals surface area (Å²) >= 11 is 7.13. The predicted octanol–water partition coefficient (Wildman–Crippen LogP) is 3.37. The molecule has 0 unspecified atom stereocenters. The Hall–Kier alpha value is -0.480. The van der Waals surface area contributed by atoms with E-state index in [4.69, 9.17) is 12.2 Å². The lowest BCUT2D eigenvalue weighted by Gasteiger charge is -2.23. The van der Waals surface area contributed by atoms with E-state index in [0.717, 1.165) is 17.4 Å². The first-order chi connectivity index (χ1) is 7.19. The lowest BCUT2D eigenvalue weighted by Crippen LogP contribution is -2.27. The molecule has 0 aromatic carbocycles. The van der Waals surface area contributed by atoms with Gasteiger partial charge in [-0.15, -0.1) is 0 Å². The molecule has 1 aromatic rings. The molecule has 1 heterocycles. The largest absolute Gasteiger partial charge is 0.358 e. The SMILES string of the molecule is CCN(CC)C(=S)S[C@H](C)n1cccc1. The van der Waals surface area contributed by atoms with Crippen molar-refractivity contribution in [2.24, 2.45) is 0 Å². The van der Waals surface area contributed by atoms with Crippen LogP contribution in [-0.2, 0) is 0 Å². The highest BCUT2D eigenvalue weighted by Gasteiger charge is 2.11. The molecule has 0 amide bonds. The van der Waals surface area contributed by atoms with Gasteiger partial charge in [-0.05, 0) is 32.9 Å². The zero-order valence-electron chi connectivity index (χ0n) is 9.51. The Balaban J connectivity index is 2.51. The minimum absolute atomic E-state index is 0.369. The Bertz CT molecular complexity index is 292. The van der Waals surface area contributed by atoms with E-state index in [0.29, 0.717) is 5.37 Å². The van der Waals surface area contributed by atoms with Crippen LogP contribution >= 0.6 is 24.0 Å². The number of aromatic nitrogens is 1. The van der Waals surface area contributed by atoms with Gasteiger partial charge in [0.15, 0.2) is 0 Å². The minimum Gasteiger partial charge on any atom is -0.358 e. The molecule has 4 heteroatoms. The second kappa shape index (κ2) is 6.18. The average Bonchev–Trinajstić information content (AvgIpc) is 2.72. The molecule has 0 saturated heterocycles. The quantitative estimate of drug-likeness (QED) is 0.749. The lowest BCUT2D eigenvalue weighted by molar-refractivity contribution is 0.482. The second-order valence-corrected chi connectivity index (χ2v) is 5.24. The van der Waals surface area contributed by atoms with Crippen molar-refractivity contribution in [3.8, 4) is 0 Å². The van der Waals surface area contributed by atoms with Crippen molar-refractivity contribution in [1.29, 1.82) is 0 Å². The molecule has 0 aliphatic rings. The van der Waals surface area contributed by atoms with Gasteiger partial charge in [0.25, 0.3) is 0 Å². The third-order valence-corrected chi connectivity index (χ3v) is 3.93. The molecular formula is C11H18N2S2. The third kappa shape index (κ3) is 3.54. The molecule has 15 heavy (non-hydrogen) atoms. The van der Waals surface area contributed by atoms with E-state index in [9.17, 15) is 0 Å². The van der Waals surface area contributed by atoms with Crippen LogP contribution in [0.25, 0.3) is 0 Å². The highest BCUT2D eigenvalue weighted by atomic mass is 32.2. The molecule has 0 fully saturated rings. The molecule has 84 valence electrons. The van der Waals surface area contributed by atoms with Crippen molar-refractivity contribution in [3.05, 3.63) is 24.5 Å². The van der Waals surface area contributed by atoms with E-state index in [-0.39, 0.29) is 0 Å². The maximum Gasteiger partial charge on any atom is 0.138 e. The summed E-state index contributed by atoms with van der Waals surface area (Å²) < 4.78 is 3.15. The topological polar surface area (TPSA) is 8.17 Å². The molecule has 0 aliphatic carbocycles. The lowest BCUT2D eigenvalue weighted by atomic mass is 10.6. The second-order valence-electron chi connectivity index (χ2n) is 3.29. The Morgan fingerprint density at radius 2 is 1.87 bits per heavy atom. The van der Waals surface area contributed by atoms with Gasteiger partial charge in [0, 0.05) is 25.5 Å². The molecular weight excluding hydrogens is 224 g/mol. The normalized spacial score (nSPS) is 12.5. The Kier molecular flexibility index (Phi) is 5.19. The zero-order chi connectivity index (χ0) is 11.3. The first-order valence-corrected chi connectivity index (χ1v) is 6.55. The third-order valence-electron chi connectivity index (χ3n) is 2.34. The van der Waals surface area contributed by atoms with Gasteiger partial charge in [-0.2, -0.15) is 0 Å². The molecule has 1 rings (SSSR count). The fourth-order valence-electron chi connectivity index (χ4n) is 1.35. The van der Waals surface area contributed by atoms with Gasteiger partial charge < -0.3 is 9.47 Å². The van der Waals surface area contributed by atoms with Gasteiger partial charge in [0.1, 0.15) is 4.32 Å². The summed E-state index contributed by atoms with van der Waals surface area (Å²) in [5, 5.41) is 0.369. The van der Waals surface area contributed by atoms with Crippen molar-refractivity contribution in [3.63, 3.8) is 0 Å². The van der Waals surface area contributed by atoms with E-state index in [2.05, 4.69) is 42.6 Å². The van der Waals surface area contributed by atoms with E-state index < -0.39 is 0 Å². The van der Waals surface area contributed by atoms with E-state index in [1.165, 1.54) is 0 Å². The van der Waals surface area contributed by atoms with Crippen LogP contribution in [0.2, 0.25) is 0 Å². The van der Waals surface area contributed by atoms with Crippen molar-refractivity contribution < 1.29 is 0 Å². The number of nitrogens with zero attached hydrogens (tertiary/aromatic N) is 2. The van der Waals surface area contributed by atoms with Crippen molar-refractivity contribution in [2.75, 3.05) is 13.1 Å². The van der Waals surface area contributed by atoms with Crippen molar-refractivity contribution >= 4 is 28.3 Å². The molecule has 1 aromatic heterocycles. The van der Waals surface area contributed by atoms with Crippen LogP contribution < -0.4 is 0 Å². The van der Waals surface area contributed by atoms with Crippen LogP contribution in [0.5, 0.6) is 0 Å². The number of hydrogen-bond acceptors (Lipinski definition) is 2. The van der Waals surface area contributed by atoms with E-state index in [1.807, 2.05) is 12.1 Å². The molecule has 0 spiro atoms. The van der Waals surface area contributed by atoms with Gasteiger partial charge in [-0.3, -0.25) is 0 Å². The number of thioether (sulfide) groups is 1. The molecule has 1 atom stereocenters. The Morgan fingerprint density at radius 3 is 2.33 bits per heavy atom. The number of rotatable bonds is 4. The van der Waals surface area contributed by atoms with Crippen LogP contribution in [0.1, 0.15) is 26.1 Å². The van der Waals surface area contributed by atoms with Crippen LogP contribution in [0, 0.1) is 0 Å². The highest BCUT2D eigenvalue weighted by molar-refractivity contribution is 8.22. The van der Waals surface area contributed by atoms with Crippen LogP contribution in [0.15, 0.2) is 24.5 Å². The van der Waals surface area contributed by atoms with E-state index in [1.54, 1.807) is 11.8 Å². The van der Waals surface area contributed by atoms with Gasteiger partial charge in [-0.25, -0.2) is 0 Å². The monoisotopic (exact) mass is 242 g/mol. The Morgan fingerprint density at radius 1 is 1.33 bits per heavy atom. The van der Waals surface area contributed by atoms with Crippen LogP contribution in [0.4, 0.5) is 0 Å². The van der Waals surface area contributed by atoms with Crippen LogP contribution in [-0.4, -0.2) is 26.9 Å². The maximum atomic E-state index is 5.40. The summed E-state index contributed by atoms with van der Waals surface area (Å²) in [4.78, 5) is 2.21. The molecule has 0 saturated carbocycles. The van der Waals surface area contributed by atoms with Crippen molar-refractivity contribution in [1.82, 2.24) is 9.47 Å². The van der Waals surface area contributed by atoms with Gasteiger partial charge >= 0.3 is 0 Å². The molecule has 0 bridgehead atoms. The average molecular weight is 242 g/mol. The Labute approximate surface area is 102 Å². The fourth-order valence-corrected chi connectivity index (χ4v) is 2.99. The van der Waals surface area contributed by atoms with Gasteiger partial charge in [-0.1, -0.05) is 24.0 Å². The summed E-state index contributed by atoms with van der Waals surface area (Å²) in [6.07, 6.45) is 4.14. The molecule has 0 N–H and O–H groups in total. The first kappa shape index (κ1) is 12.6. The summed E-state index contributed by atoms with van der Waals surface area (Å²) in [6.45, 7) is 8.41. The van der Waals surface area contributed by atoms with Crippen LogP contribution in [0.3, 0.4) is 0 Å². The fraction of sp³-hybridized carbons (Fsp3) is 0.545. The highest BCUT2D eigenvalue weighted by Crippen LogP contribution is 2.25. The summed E-state index contributed by atoms with van der Waals surface area (Å²) in [5.41, 5.74) is 0. The maximum absolute atomic E-state index is 5.40. The number of hydrogen-bond donors (Lipinski definition) is 0. The van der Waals surface area contributed by atoms with E-state index >= 15 is 0 Å². The summed E-state index contributed by atoms with van der Waals surface area (Å²) in [7, 11) is 0. The molecule has 2 nitrogen and oxygen atoms in total. The van der Waals surface area contributed by atoms with Crippen molar-refractivity contribution in [2.45, 2.75) is 26.1 Å². The smallest absolute Gasteiger partial charge is 0.138 e. The molecule has 0 radical (unpaired) electrons. The first-order valence-electron chi connectivity index (χ1n) is 5.27. The zero-order valence-corrected chi connectivity index (χ0v) is 11.1. The van der Waals surface area contributed by atoms with Gasteiger partial charge in [0.05, 0.1) is 5.37 Å². The summed E-state index contributed by atoms with van der Waals surface area (Å²) in [5.74, 6) is 0.